The maximum atomic E-state index is 13.1. The number of hydrogen-bond acceptors (Lipinski definition) is 4. The van der Waals surface area contributed by atoms with Gasteiger partial charge in [-0.3, -0.25) is 9.78 Å². The van der Waals surface area contributed by atoms with E-state index < -0.39 is 10.0 Å². The van der Waals surface area contributed by atoms with Crippen LogP contribution in [0.15, 0.2) is 84.0 Å². The fourth-order valence-electron chi connectivity index (χ4n) is 3.29. The van der Waals surface area contributed by atoms with Gasteiger partial charge in [-0.25, -0.2) is 8.42 Å². The Labute approximate surface area is 177 Å². The Bertz CT molecular complexity index is 1040. The molecule has 0 aliphatic rings. The summed E-state index contributed by atoms with van der Waals surface area (Å²) in [6, 6.07) is 19.1. The van der Waals surface area contributed by atoms with Gasteiger partial charge in [-0.05, 0) is 41.5 Å². The van der Waals surface area contributed by atoms with Gasteiger partial charge < -0.3 is 5.32 Å². The molecule has 1 atom stereocenters. The molecule has 3 rings (SSSR count). The van der Waals surface area contributed by atoms with Crippen molar-refractivity contribution in [2.24, 2.45) is 0 Å². The van der Waals surface area contributed by atoms with Crippen molar-refractivity contribution in [2.75, 3.05) is 13.1 Å². The topological polar surface area (TPSA) is 79.4 Å². The number of carbonyl (C=O) groups is 1. The van der Waals surface area contributed by atoms with Gasteiger partial charge in [0.05, 0.1) is 10.9 Å². The number of nitrogens with one attached hydrogen (secondary N) is 1. The van der Waals surface area contributed by atoms with Gasteiger partial charge >= 0.3 is 0 Å². The number of amides is 1. The summed E-state index contributed by atoms with van der Waals surface area (Å²) in [6.07, 6.45) is 3.35. The van der Waals surface area contributed by atoms with Crippen LogP contribution in [0.2, 0.25) is 0 Å². The number of nitrogens with zero attached hydrogens (tertiary/aromatic N) is 2. The number of benzene rings is 2. The van der Waals surface area contributed by atoms with Gasteiger partial charge in [0.2, 0.25) is 10.0 Å². The second-order valence-corrected chi connectivity index (χ2v) is 8.65. The Morgan fingerprint density at radius 3 is 2.20 bits per heavy atom. The average molecular weight is 424 g/mol. The van der Waals surface area contributed by atoms with E-state index in [-0.39, 0.29) is 16.8 Å². The van der Waals surface area contributed by atoms with E-state index in [1.807, 2.05) is 42.5 Å². The third-order valence-electron chi connectivity index (χ3n) is 4.89. The molecule has 0 radical (unpaired) electrons. The van der Waals surface area contributed by atoms with Crippen LogP contribution in [-0.4, -0.2) is 36.7 Å². The fraction of sp³-hybridized carbons (Fsp3) is 0.217. The molecule has 7 heteroatoms. The molecule has 1 aromatic heterocycles. The zero-order valence-corrected chi connectivity index (χ0v) is 17.8. The Morgan fingerprint density at radius 2 is 1.57 bits per heavy atom. The molecule has 30 heavy (non-hydrogen) atoms. The minimum atomic E-state index is -3.64. The molecule has 0 bridgehead atoms. The molecule has 0 spiro atoms. The van der Waals surface area contributed by atoms with E-state index in [0.717, 1.165) is 11.1 Å². The summed E-state index contributed by atoms with van der Waals surface area (Å²) in [7, 11) is -3.64. The van der Waals surface area contributed by atoms with Crippen molar-refractivity contribution in [3.8, 4) is 0 Å². The van der Waals surface area contributed by atoms with Crippen LogP contribution in [0.25, 0.3) is 0 Å². The van der Waals surface area contributed by atoms with Crippen LogP contribution < -0.4 is 5.32 Å². The lowest BCUT2D eigenvalue weighted by Crippen LogP contribution is -2.31. The summed E-state index contributed by atoms with van der Waals surface area (Å²) < 4.78 is 27.0. The molecule has 1 N–H and O–H groups in total. The Balaban J connectivity index is 1.92. The van der Waals surface area contributed by atoms with Crippen LogP contribution in [0.5, 0.6) is 0 Å². The van der Waals surface area contributed by atoms with E-state index in [0.29, 0.717) is 18.7 Å². The SMILES string of the molecule is CCN(CC)S(=O)(=O)c1cccc(C(=O)NC(c2ccccc2)c2ccncc2)c1. The first kappa shape index (κ1) is 21.7. The maximum absolute atomic E-state index is 13.1. The first-order valence-electron chi connectivity index (χ1n) is 9.83. The molecule has 2 aromatic carbocycles. The van der Waals surface area contributed by atoms with Gasteiger partial charge in [0.15, 0.2) is 0 Å². The number of hydrogen-bond donors (Lipinski definition) is 1. The first-order valence-corrected chi connectivity index (χ1v) is 11.3. The number of rotatable bonds is 8. The predicted molar refractivity (Wildman–Crippen MR) is 117 cm³/mol. The molecule has 3 aromatic rings. The Morgan fingerprint density at radius 1 is 0.933 bits per heavy atom. The molecular formula is C23H25N3O3S. The zero-order valence-electron chi connectivity index (χ0n) is 17.0. The van der Waals surface area contributed by atoms with E-state index in [1.54, 1.807) is 38.4 Å². The Kier molecular flexibility index (Phi) is 6.97. The molecule has 0 saturated carbocycles. The lowest BCUT2D eigenvalue weighted by molar-refractivity contribution is 0.0942. The van der Waals surface area contributed by atoms with Gasteiger partial charge in [-0.1, -0.05) is 50.2 Å². The highest BCUT2D eigenvalue weighted by molar-refractivity contribution is 7.89. The van der Waals surface area contributed by atoms with Gasteiger partial charge in [0.25, 0.3) is 5.91 Å². The summed E-state index contributed by atoms with van der Waals surface area (Å²) in [5.74, 6) is -0.350. The smallest absolute Gasteiger partial charge is 0.252 e. The summed E-state index contributed by atoms with van der Waals surface area (Å²) in [4.78, 5) is 17.2. The lowest BCUT2D eigenvalue weighted by Gasteiger charge is -2.21. The minimum absolute atomic E-state index is 0.110. The van der Waals surface area contributed by atoms with Crippen molar-refractivity contribution >= 4 is 15.9 Å². The van der Waals surface area contributed by atoms with E-state index >= 15 is 0 Å². The standard InChI is InChI=1S/C23H25N3O3S/c1-3-26(4-2)30(28,29)21-12-8-11-20(17-21)23(27)25-22(18-9-6-5-7-10-18)19-13-15-24-16-14-19/h5-17,22H,3-4H2,1-2H3,(H,25,27). The Hall–Kier alpha value is -3.03. The molecule has 6 nitrogen and oxygen atoms in total. The lowest BCUT2D eigenvalue weighted by atomic mass is 9.99. The molecule has 1 amide bonds. The van der Waals surface area contributed by atoms with Crippen molar-refractivity contribution < 1.29 is 13.2 Å². The second-order valence-electron chi connectivity index (χ2n) is 6.71. The number of pyridine rings is 1. The highest BCUT2D eigenvalue weighted by Crippen LogP contribution is 2.23. The third-order valence-corrected chi connectivity index (χ3v) is 6.93. The normalized spacial score (nSPS) is 12.5. The van der Waals surface area contributed by atoms with Crippen LogP contribution in [0, 0.1) is 0 Å². The van der Waals surface area contributed by atoms with E-state index in [1.165, 1.54) is 16.4 Å². The van der Waals surface area contributed by atoms with Gasteiger partial charge in [0, 0.05) is 31.0 Å². The maximum Gasteiger partial charge on any atom is 0.252 e. The van der Waals surface area contributed by atoms with Crippen molar-refractivity contribution in [2.45, 2.75) is 24.8 Å². The van der Waals surface area contributed by atoms with Crippen LogP contribution >= 0.6 is 0 Å². The summed E-state index contributed by atoms with van der Waals surface area (Å²) >= 11 is 0. The highest BCUT2D eigenvalue weighted by Gasteiger charge is 2.23. The molecule has 0 saturated heterocycles. The largest absolute Gasteiger partial charge is 0.341 e. The molecule has 1 heterocycles. The van der Waals surface area contributed by atoms with Crippen molar-refractivity contribution in [3.63, 3.8) is 0 Å². The van der Waals surface area contributed by atoms with Crippen LogP contribution in [-0.2, 0) is 10.0 Å². The van der Waals surface area contributed by atoms with Crippen LogP contribution in [0.4, 0.5) is 0 Å². The molecule has 0 aliphatic carbocycles. The minimum Gasteiger partial charge on any atom is -0.341 e. The predicted octanol–water partition coefficient (Wildman–Crippen LogP) is 3.63. The van der Waals surface area contributed by atoms with Crippen molar-refractivity contribution in [1.29, 1.82) is 0 Å². The van der Waals surface area contributed by atoms with Crippen LogP contribution in [0.3, 0.4) is 0 Å². The van der Waals surface area contributed by atoms with Crippen molar-refractivity contribution in [3.05, 3.63) is 95.8 Å². The molecule has 1 unspecified atom stereocenters. The second kappa shape index (κ2) is 9.65. The number of sulfonamides is 1. The van der Waals surface area contributed by atoms with Gasteiger partial charge in [0.1, 0.15) is 0 Å². The summed E-state index contributed by atoms with van der Waals surface area (Å²) in [5.41, 5.74) is 2.10. The quantitative estimate of drug-likeness (QED) is 0.600. The van der Waals surface area contributed by atoms with Crippen molar-refractivity contribution in [1.82, 2.24) is 14.6 Å². The zero-order chi connectivity index (χ0) is 21.6. The van der Waals surface area contributed by atoms with E-state index in [2.05, 4.69) is 10.3 Å². The number of carbonyl (C=O) groups excluding carboxylic acids is 1. The third kappa shape index (κ3) is 4.75. The van der Waals surface area contributed by atoms with Crippen LogP contribution in [0.1, 0.15) is 41.4 Å². The monoisotopic (exact) mass is 423 g/mol. The van der Waals surface area contributed by atoms with E-state index in [4.69, 9.17) is 0 Å². The number of aromatic nitrogens is 1. The van der Waals surface area contributed by atoms with E-state index in [9.17, 15) is 13.2 Å². The average Bonchev–Trinajstić information content (AvgIpc) is 2.79. The molecular weight excluding hydrogens is 398 g/mol. The highest BCUT2D eigenvalue weighted by atomic mass is 32.2. The summed E-state index contributed by atoms with van der Waals surface area (Å²) in [5, 5.41) is 3.03. The molecule has 156 valence electrons. The van der Waals surface area contributed by atoms with Gasteiger partial charge in [-0.15, -0.1) is 0 Å². The molecule has 0 fully saturated rings. The fourth-order valence-corrected chi connectivity index (χ4v) is 4.79. The first-order chi connectivity index (χ1) is 14.5. The summed E-state index contributed by atoms with van der Waals surface area (Å²) in [6.45, 7) is 4.31. The molecule has 0 aliphatic heterocycles. The van der Waals surface area contributed by atoms with Gasteiger partial charge in [-0.2, -0.15) is 4.31 Å².